The normalized spacial score (nSPS) is 28.3. The number of nitriles is 1. The lowest BCUT2D eigenvalue weighted by Gasteiger charge is -2.40. The number of fused-ring (bicyclic) bond motifs is 1. The van der Waals surface area contributed by atoms with E-state index in [0.717, 1.165) is 34.1 Å². The van der Waals surface area contributed by atoms with Gasteiger partial charge in [0.15, 0.2) is 11.2 Å². The summed E-state index contributed by atoms with van der Waals surface area (Å²) in [6, 6.07) is 11.6. The Morgan fingerprint density at radius 3 is 2.52 bits per heavy atom. The maximum absolute atomic E-state index is 11.4. The van der Waals surface area contributed by atoms with Crippen LogP contribution in [0.25, 0.3) is 17.3 Å². The molecule has 3 heterocycles. The number of carboxylic acids is 1. The lowest BCUT2D eigenvalue weighted by Crippen LogP contribution is -2.58. The van der Waals surface area contributed by atoms with Gasteiger partial charge in [-0.25, -0.2) is 4.79 Å². The highest BCUT2D eigenvalue weighted by atomic mass is 32.2. The molecule has 0 bridgehead atoms. The quantitative estimate of drug-likeness (QED) is 0.523. The first-order chi connectivity index (χ1) is 15.5. The minimum absolute atomic E-state index is 0.377. The van der Waals surface area contributed by atoms with Gasteiger partial charge in [0.05, 0.1) is 0 Å². The Morgan fingerprint density at radius 1 is 1.15 bits per heavy atom. The van der Waals surface area contributed by atoms with Gasteiger partial charge in [0.1, 0.15) is 41.1 Å². The van der Waals surface area contributed by atoms with Crippen molar-refractivity contribution in [2.24, 2.45) is 7.05 Å². The van der Waals surface area contributed by atoms with Crippen LogP contribution in [0, 0.1) is 11.3 Å². The minimum Gasteiger partial charge on any atom is -0.479 e. The highest BCUT2D eigenvalue weighted by Gasteiger charge is 2.48. The van der Waals surface area contributed by atoms with Crippen molar-refractivity contribution in [3.05, 3.63) is 52.2 Å². The first-order valence-corrected chi connectivity index (χ1v) is 11.1. The van der Waals surface area contributed by atoms with Crippen LogP contribution in [-0.2, 0) is 26.9 Å². The number of carbonyl (C=O) groups is 1. The number of hydrogen-bond acceptors (Lipinski definition) is 8. The van der Waals surface area contributed by atoms with Gasteiger partial charge in [-0.3, -0.25) is 0 Å². The summed E-state index contributed by atoms with van der Waals surface area (Å²) in [6.07, 6.45) is -4.84. The average Bonchev–Trinajstić information content (AvgIpc) is 3.13. The molecule has 4 rings (SSSR count). The molecule has 174 valence electrons. The molecule has 1 saturated heterocycles. The van der Waals surface area contributed by atoms with Crippen LogP contribution in [0.1, 0.15) is 30.7 Å². The van der Waals surface area contributed by atoms with Crippen molar-refractivity contribution in [1.29, 1.82) is 5.26 Å². The fraction of sp³-hybridized carbons (Fsp3) is 0.391. The zero-order chi connectivity index (χ0) is 24.1. The standard InChI is InChI=1S/C23H24N2O7S/c1-23(2)14-8-12(15-7-6-13(10-24)25(15)3)5-4-11(14)9-16(32-23)33-22-19(28)17(26)18(27)20(31-22)21(29)30/h4-9,17-20,22,26-28H,1-3H3,(H,29,30). The molecule has 0 amide bonds. The first kappa shape index (κ1) is 23.4. The Bertz CT molecular complexity index is 1170. The molecule has 0 saturated carbocycles. The number of carboxylic acid groups (broad SMARTS) is 1. The lowest BCUT2D eigenvalue weighted by atomic mass is 9.89. The second-order valence-corrected chi connectivity index (χ2v) is 9.61. The molecular weight excluding hydrogens is 448 g/mol. The largest absolute Gasteiger partial charge is 0.479 e. The molecular formula is C23H24N2O7S. The fourth-order valence-corrected chi connectivity index (χ4v) is 5.22. The zero-order valence-electron chi connectivity index (χ0n) is 18.2. The van der Waals surface area contributed by atoms with E-state index in [9.17, 15) is 30.5 Å². The van der Waals surface area contributed by atoms with Crippen LogP contribution < -0.4 is 0 Å². The lowest BCUT2D eigenvalue weighted by molar-refractivity contribution is -0.209. The van der Waals surface area contributed by atoms with Gasteiger partial charge < -0.3 is 34.5 Å². The highest BCUT2D eigenvalue weighted by Crippen LogP contribution is 2.44. The average molecular weight is 473 g/mol. The Hall–Kier alpha value is -2.81. The van der Waals surface area contributed by atoms with Gasteiger partial charge in [-0.15, -0.1) is 0 Å². The number of rotatable bonds is 4. The Labute approximate surface area is 194 Å². The Morgan fingerprint density at radius 2 is 1.88 bits per heavy atom. The second kappa shape index (κ2) is 8.52. The number of nitrogens with zero attached hydrogens (tertiary/aromatic N) is 2. The van der Waals surface area contributed by atoms with Crippen LogP contribution in [0.4, 0.5) is 0 Å². The van der Waals surface area contributed by atoms with Gasteiger partial charge in [0, 0.05) is 18.3 Å². The van der Waals surface area contributed by atoms with Gasteiger partial charge in [-0.2, -0.15) is 5.26 Å². The van der Waals surface area contributed by atoms with Crippen molar-refractivity contribution >= 4 is 23.8 Å². The molecule has 2 aromatic rings. The van der Waals surface area contributed by atoms with Crippen molar-refractivity contribution in [2.75, 3.05) is 0 Å². The maximum atomic E-state index is 11.4. The van der Waals surface area contributed by atoms with Crippen LogP contribution in [0.2, 0.25) is 0 Å². The molecule has 5 unspecified atom stereocenters. The summed E-state index contributed by atoms with van der Waals surface area (Å²) in [5.41, 5.74) is 2.22. The number of benzene rings is 1. The predicted octanol–water partition coefficient (Wildman–Crippen LogP) is 1.75. The van der Waals surface area contributed by atoms with Crippen LogP contribution in [-0.4, -0.2) is 60.8 Å². The van der Waals surface area contributed by atoms with E-state index < -0.39 is 41.4 Å². The molecule has 0 radical (unpaired) electrons. The summed E-state index contributed by atoms with van der Waals surface area (Å²) in [4.78, 5) is 11.4. The number of hydrogen-bond donors (Lipinski definition) is 4. The summed E-state index contributed by atoms with van der Waals surface area (Å²) < 4.78 is 13.3. The van der Waals surface area contributed by atoms with E-state index in [4.69, 9.17) is 9.47 Å². The molecule has 10 heteroatoms. The number of aliphatic carboxylic acids is 1. The third-order valence-corrected chi connectivity index (χ3v) is 6.96. The number of ether oxygens (including phenoxy) is 2. The molecule has 1 fully saturated rings. The van der Waals surface area contributed by atoms with E-state index in [1.807, 2.05) is 49.7 Å². The predicted molar refractivity (Wildman–Crippen MR) is 120 cm³/mol. The van der Waals surface area contributed by atoms with Gasteiger partial charge in [-0.05, 0) is 49.2 Å². The Kier molecular flexibility index (Phi) is 6.03. The molecule has 0 aliphatic carbocycles. The van der Waals surface area contributed by atoms with E-state index >= 15 is 0 Å². The van der Waals surface area contributed by atoms with Crippen molar-refractivity contribution in [1.82, 2.24) is 4.57 Å². The van der Waals surface area contributed by atoms with E-state index in [2.05, 4.69) is 6.07 Å². The van der Waals surface area contributed by atoms with E-state index in [1.165, 1.54) is 0 Å². The summed E-state index contributed by atoms with van der Waals surface area (Å²) >= 11 is 0.944. The maximum Gasteiger partial charge on any atom is 0.335 e. The van der Waals surface area contributed by atoms with E-state index in [1.54, 1.807) is 12.1 Å². The molecule has 9 nitrogen and oxygen atoms in total. The smallest absolute Gasteiger partial charge is 0.335 e. The monoisotopic (exact) mass is 472 g/mol. The number of aliphatic hydroxyl groups is 3. The molecule has 1 aromatic heterocycles. The number of thioether (sulfide) groups is 1. The van der Waals surface area contributed by atoms with Crippen LogP contribution in [0.5, 0.6) is 0 Å². The topological polar surface area (TPSA) is 145 Å². The zero-order valence-corrected chi connectivity index (χ0v) is 19.0. The van der Waals surface area contributed by atoms with Gasteiger partial charge in [0.25, 0.3) is 0 Å². The molecule has 4 N–H and O–H groups in total. The number of aromatic nitrogens is 1. The van der Waals surface area contributed by atoms with Crippen molar-refractivity contribution in [3.8, 4) is 17.3 Å². The van der Waals surface area contributed by atoms with Gasteiger partial charge >= 0.3 is 5.97 Å². The van der Waals surface area contributed by atoms with Gasteiger partial charge in [0.2, 0.25) is 0 Å². The Balaban J connectivity index is 1.63. The third kappa shape index (κ3) is 4.14. The van der Waals surface area contributed by atoms with Crippen LogP contribution >= 0.6 is 11.8 Å². The number of aliphatic hydroxyl groups excluding tert-OH is 3. The van der Waals surface area contributed by atoms with Crippen LogP contribution in [0.15, 0.2) is 35.4 Å². The summed E-state index contributed by atoms with van der Waals surface area (Å²) in [5, 5.41) is 49.1. The van der Waals surface area contributed by atoms with Crippen molar-refractivity contribution in [2.45, 2.75) is 49.3 Å². The SMILES string of the molecule is Cn1c(C#N)ccc1-c1ccc2c(c1)C(C)(C)OC(SC1OC(C(=O)O)C(O)C(O)C1O)=C2. The molecule has 5 atom stereocenters. The van der Waals surface area contributed by atoms with E-state index in [0.29, 0.717) is 10.8 Å². The van der Waals surface area contributed by atoms with Gasteiger partial charge in [-0.1, -0.05) is 23.9 Å². The summed E-state index contributed by atoms with van der Waals surface area (Å²) in [6.45, 7) is 3.76. The highest BCUT2D eigenvalue weighted by molar-refractivity contribution is 8.03. The molecule has 2 aliphatic heterocycles. The second-order valence-electron chi connectivity index (χ2n) is 8.51. The minimum atomic E-state index is -1.75. The first-order valence-electron chi connectivity index (χ1n) is 10.2. The van der Waals surface area contributed by atoms with Crippen molar-refractivity contribution < 1.29 is 34.7 Å². The molecule has 0 spiro atoms. The molecule has 33 heavy (non-hydrogen) atoms. The summed E-state index contributed by atoms with van der Waals surface area (Å²) in [7, 11) is 1.83. The third-order valence-electron chi connectivity index (χ3n) is 5.91. The van der Waals surface area contributed by atoms with Crippen molar-refractivity contribution in [3.63, 3.8) is 0 Å². The molecule has 1 aromatic carbocycles. The summed E-state index contributed by atoms with van der Waals surface area (Å²) in [5.74, 6) is -1.43. The van der Waals surface area contributed by atoms with Crippen LogP contribution in [0.3, 0.4) is 0 Å². The fourth-order valence-electron chi connectivity index (χ4n) is 4.06. The van der Waals surface area contributed by atoms with E-state index in [-0.39, 0.29) is 0 Å². The molecule has 2 aliphatic rings.